The summed E-state index contributed by atoms with van der Waals surface area (Å²) in [7, 11) is 3.24. The number of ether oxygens (including phenoxy) is 2. The second-order valence-corrected chi connectivity index (χ2v) is 8.12. The molecule has 7 heteroatoms. The molecule has 162 valence electrons. The summed E-state index contributed by atoms with van der Waals surface area (Å²) in [6.45, 7) is 1.93. The number of rotatable bonds is 7. The molecule has 0 spiro atoms. The van der Waals surface area contributed by atoms with Crippen LogP contribution in [0.4, 0.5) is 0 Å². The van der Waals surface area contributed by atoms with Gasteiger partial charge >= 0.3 is 0 Å². The Hall–Kier alpha value is -3.58. The highest BCUT2D eigenvalue weighted by Gasteiger charge is 2.11. The highest BCUT2D eigenvalue weighted by atomic mass is 32.2. The van der Waals surface area contributed by atoms with Crippen molar-refractivity contribution in [1.29, 1.82) is 0 Å². The Morgan fingerprint density at radius 1 is 1.03 bits per heavy atom. The Morgan fingerprint density at radius 3 is 2.62 bits per heavy atom. The summed E-state index contributed by atoms with van der Waals surface area (Å²) in [4.78, 5) is 18.0. The molecule has 1 aromatic heterocycles. The number of hydrazone groups is 1. The van der Waals surface area contributed by atoms with Gasteiger partial charge in [-0.15, -0.1) is 11.8 Å². The maximum Gasteiger partial charge on any atom is 0.250 e. The lowest BCUT2D eigenvalue weighted by molar-refractivity contribution is -0.118. The van der Waals surface area contributed by atoms with Gasteiger partial charge in [-0.3, -0.25) is 4.79 Å². The molecule has 4 rings (SSSR count). The molecule has 0 unspecified atom stereocenters. The first-order valence-electron chi connectivity index (χ1n) is 10.1. The maximum absolute atomic E-state index is 12.5. The monoisotopic (exact) mass is 445 g/mol. The van der Waals surface area contributed by atoms with Crippen LogP contribution < -0.4 is 14.9 Å². The second kappa shape index (κ2) is 9.70. The van der Waals surface area contributed by atoms with Crippen molar-refractivity contribution in [2.75, 3.05) is 20.0 Å². The van der Waals surface area contributed by atoms with Gasteiger partial charge in [0.25, 0.3) is 0 Å². The molecule has 3 aromatic carbocycles. The number of carbonyl (C=O) groups excluding carboxylic acids is 1. The van der Waals surface area contributed by atoms with Crippen molar-refractivity contribution in [3.63, 3.8) is 0 Å². The van der Waals surface area contributed by atoms with E-state index in [2.05, 4.69) is 15.5 Å². The van der Waals surface area contributed by atoms with E-state index in [-0.39, 0.29) is 11.7 Å². The predicted octanol–water partition coefficient (Wildman–Crippen LogP) is 4.96. The van der Waals surface area contributed by atoms with Crippen molar-refractivity contribution in [2.24, 2.45) is 5.10 Å². The third kappa shape index (κ3) is 4.53. The van der Waals surface area contributed by atoms with Crippen LogP contribution in [0.2, 0.25) is 0 Å². The van der Waals surface area contributed by atoms with E-state index >= 15 is 0 Å². The van der Waals surface area contributed by atoms with Gasteiger partial charge < -0.3 is 9.47 Å². The van der Waals surface area contributed by atoms with Crippen molar-refractivity contribution in [3.05, 3.63) is 71.9 Å². The van der Waals surface area contributed by atoms with Gasteiger partial charge in [-0.1, -0.05) is 42.5 Å². The maximum atomic E-state index is 12.5. The molecule has 1 amide bonds. The Kier molecular flexibility index (Phi) is 6.56. The topological polar surface area (TPSA) is 72.8 Å². The quantitative estimate of drug-likeness (QED) is 0.247. The van der Waals surface area contributed by atoms with E-state index in [9.17, 15) is 4.79 Å². The number of fused-ring (bicyclic) bond motifs is 2. The standard InChI is InChI=1S/C25H23N3O3S/c1-16-13-23(19-9-6-10-22(31-3)25(19)27-16)32-15-24(29)28-26-14-20-18-8-5-4-7-17(18)11-12-21(20)30-2/h4-14H,15H2,1-3H3,(H,28,29)/b26-14+. The Bertz CT molecular complexity index is 1320. The van der Waals surface area contributed by atoms with Gasteiger partial charge in [-0.2, -0.15) is 5.10 Å². The van der Waals surface area contributed by atoms with E-state index in [0.717, 1.165) is 37.8 Å². The fourth-order valence-electron chi connectivity index (χ4n) is 3.53. The van der Waals surface area contributed by atoms with Gasteiger partial charge in [0, 0.05) is 21.5 Å². The van der Waals surface area contributed by atoms with Gasteiger partial charge in [-0.05, 0) is 35.9 Å². The fourth-order valence-corrected chi connectivity index (χ4v) is 4.45. The van der Waals surface area contributed by atoms with Gasteiger partial charge in [0.2, 0.25) is 5.91 Å². The number of methoxy groups -OCH3 is 2. The summed E-state index contributed by atoms with van der Waals surface area (Å²) in [5.41, 5.74) is 5.09. The molecule has 0 aliphatic carbocycles. The zero-order chi connectivity index (χ0) is 22.5. The summed E-state index contributed by atoms with van der Waals surface area (Å²) in [6, 6.07) is 19.6. The van der Waals surface area contributed by atoms with E-state index in [1.54, 1.807) is 20.4 Å². The number of nitrogens with zero attached hydrogens (tertiary/aromatic N) is 2. The Balaban J connectivity index is 1.48. The smallest absolute Gasteiger partial charge is 0.250 e. The minimum Gasteiger partial charge on any atom is -0.496 e. The number of nitrogens with one attached hydrogen (secondary N) is 1. The molecule has 4 aromatic rings. The Morgan fingerprint density at radius 2 is 1.81 bits per heavy atom. The Labute approximate surface area is 190 Å². The number of aryl methyl sites for hydroxylation is 1. The summed E-state index contributed by atoms with van der Waals surface area (Å²) in [5.74, 6) is 1.44. The predicted molar refractivity (Wildman–Crippen MR) is 130 cm³/mol. The van der Waals surface area contributed by atoms with Crippen molar-refractivity contribution in [2.45, 2.75) is 11.8 Å². The lowest BCUT2D eigenvalue weighted by atomic mass is 10.0. The number of thioether (sulfide) groups is 1. The summed E-state index contributed by atoms with van der Waals surface area (Å²) >= 11 is 1.44. The van der Waals surface area contributed by atoms with Crippen LogP contribution in [-0.2, 0) is 4.79 Å². The van der Waals surface area contributed by atoms with Crippen LogP contribution in [0.3, 0.4) is 0 Å². The normalized spacial score (nSPS) is 11.2. The first-order valence-corrected chi connectivity index (χ1v) is 11.0. The molecule has 0 aliphatic rings. The molecule has 1 N–H and O–H groups in total. The highest BCUT2D eigenvalue weighted by molar-refractivity contribution is 8.00. The lowest BCUT2D eigenvalue weighted by Crippen LogP contribution is -2.19. The van der Waals surface area contributed by atoms with Crippen LogP contribution >= 0.6 is 11.8 Å². The third-order valence-electron chi connectivity index (χ3n) is 5.00. The van der Waals surface area contributed by atoms with Crippen LogP contribution in [0, 0.1) is 6.92 Å². The first-order chi connectivity index (χ1) is 15.6. The van der Waals surface area contributed by atoms with E-state index in [1.807, 2.05) is 67.6 Å². The summed E-state index contributed by atoms with van der Waals surface area (Å²) < 4.78 is 10.9. The molecule has 0 fully saturated rings. The number of carbonyl (C=O) groups is 1. The van der Waals surface area contributed by atoms with Crippen molar-refractivity contribution in [3.8, 4) is 11.5 Å². The first kappa shape index (κ1) is 21.6. The fraction of sp³-hybridized carbons (Fsp3) is 0.160. The number of hydrogen-bond donors (Lipinski definition) is 1. The molecular weight excluding hydrogens is 422 g/mol. The SMILES string of the molecule is COc1ccc2ccccc2c1/C=N/NC(=O)CSc1cc(C)nc2c(OC)cccc12. The zero-order valence-corrected chi connectivity index (χ0v) is 18.9. The van der Waals surface area contributed by atoms with E-state index in [4.69, 9.17) is 9.47 Å². The molecule has 0 atom stereocenters. The molecule has 0 bridgehead atoms. The molecule has 0 radical (unpaired) electrons. The van der Waals surface area contributed by atoms with Crippen LogP contribution in [0.5, 0.6) is 11.5 Å². The molecular formula is C25H23N3O3S. The van der Waals surface area contributed by atoms with Crippen LogP contribution in [0.1, 0.15) is 11.3 Å². The van der Waals surface area contributed by atoms with Gasteiger partial charge in [0.05, 0.1) is 26.2 Å². The van der Waals surface area contributed by atoms with Crippen molar-refractivity contribution in [1.82, 2.24) is 10.4 Å². The average molecular weight is 446 g/mol. The number of aromatic nitrogens is 1. The molecule has 0 saturated heterocycles. The average Bonchev–Trinajstić information content (AvgIpc) is 2.82. The highest BCUT2D eigenvalue weighted by Crippen LogP contribution is 2.32. The minimum atomic E-state index is -0.198. The molecule has 0 saturated carbocycles. The van der Waals surface area contributed by atoms with Crippen LogP contribution in [0.25, 0.3) is 21.7 Å². The minimum absolute atomic E-state index is 0.198. The number of pyridine rings is 1. The number of para-hydroxylation sites is 1. The number of benzene rings is 3. The van der Waals surface area contributed by atoms with Crippen LogP contribution in [0.15, 0.2) is 70.7 Å². The molecule has 6 nitrogen and oxygen atoms in total. The number of amides is 1. The second-order valence-electron chi connectivity index (χ2n) is 7.10. The molecule has 32 heavy (non-hydrogen) atoms. The molecule has 1 heterocycles. The lowest BCUT2D eigenvalue weighted by Gasteiger charge is -2.10. The van der Waals surface area contributed by atoms with Gasteiger partial charge in [0.15, 0.2) is 0 Å². The van der Waals surface area contributed by atoms with Gasteiger partial charge in [-0.25, -0.2) is 10.4 Å². The van der Waals surface area contributed by atoms with Crippen molar-refractivity contribution < 1.29 is 14.3 Å². The third-order valence-corrected chi connectivity index (χ3v) is 6.06. The van der Waals surface area contributed by atoms with E-state index < -0.39 is 0 Å². The van der Waals surface area contributed by atoms with Crippen LogP contribution in [-0.4, -0.2) is 37.1 Å². The zero-order valence-electron chi connectivity index (χ0n) is 18.1. The van der Waals surface area contributed by atoms with Gasteiger partial charge in [0.1, 0.15) is 17.0 Å². The van der Waals surface area contributed by atoms with E-state index in [1.165, 1.54) is 11.8 Å². The summed E-state index contributed by atoms with van der Waals surface area (Å²) in [5, 5.41) is 7.21. The van der Waals surface area contributed by atoms with Crippen molar-refractivity contribution >= 4 is 45.6 Å². The number of hydrogen-bond acceptors (Lipinski definition) is 6. The largest absolute Gasteiger partial charge is 0.496 e. The molecule has 0 aliphatic heterocycles. The summed E-state index contributed by atoms with van der Waals surface area (Å²) in [6.07, 6.45) is 1.63. The van der Waals surface area contributed by atoms with E-state index in [0.29, 0.717) is 11.5 Å².